The fourth-order valence-corrected chi connectivity index (χ4v) is 2.70. The number of benzene rings is 2. The highest BCUT2D eigenvalue weighted by molar-refractivity contribution is 5.88. The summed E-state index contributed by atoms with van der Waals surface area (Å²) < 4.78 is 5.36. The van der Waals surface area contributed by atoms with Crippen molar-refractivity contribution in [2.75, 3.05) is 0 Å². The highest BCUT2D eigenvalue weighted by Crippen LogP contribution is 2.30. The van der Waals surface area contributed by atoms with Gasteiger partial charge in [-0.15, -0.1) is 5.48 Å². The summed E-state index contributed by atoms with van der Waals surface area (Å²) in [7, 11) is 0. The smallest absolute Gasteiger partial charge is 0.303 e. The molecule has 0 unspecified atom stereocenters. The minimum atomic E-state index is -1.02. The topological polar surface area (TPSA) is 146 Å². The van der Waals surface area contributed by atoms with Gasteiger partial charge in [-0.25, -0.2) is 0 Å². The number of phenolic OH excluding ortho intramolecular Hbond substituents is 2. The van der Waals surface area contributed by atoms with Crippen LogP contribution >= 0.6 is 0 Å². The van der Waals surface area contributed by atoms with Crippen LogP contribution in [0.25, 0.3) is 22.1 Å². The number of carboxylic acids is 1. The lowest BCUT2D eigenvalue weighted by Gasteiger charge is -2.12. The van der Waals surface area contributed by atoms with Gasteiger partial charge in [0.05, 0.1) is 11.6 Å². The zero-order chi connectivity index (χ0) is 21.0. The van der Waals surface area contributed by atoms with Gasteiger partial charge in [0.15, 0.2) is 0 Å². The van der Waals surface area contributed by atoms with Crippen LogP contribution in [0.5, 0.6) is 17.2 Å². The second-order valence-electron chi connectivity index (χ2n) is 6.24. The van der Waals surface area contributed by atoms with Gasteiger partial charge in [0.1, 0.15) is 40.8 Å². The average molecular weight is 399 g/mol. The van der Waals surface area contributed by atoms with Gasteiger partial charge in [0.2, 0.25) is 5.43 Å². The highest BCUT2D eigenvalue weighted by Gasteiger charge is 2.14. The molecule has 2 aromatic carbocycles. The molecule has 3 rings (SSSR count). The van der Waals surface area contributed by atoms with E-state index in [1.165, 1.54) is 12.3 Å². The molecule has 150 valence electrons. The molecule has 0 aliphatic rings. The first-order valence-electron chi connectivity index (χ1n) is 8.56. The zero-order valence-electron chi connectivity index (χ0n) is 15.0. The number of hydrogen-bond acceptors (Lipinski definition) is 8. The lowest BCUT2D eigenvalue weighted by Crippen LogP contribution is -2.33. The quantitative estimate of drug-likeness (QED) is 0.330. The van der Waals surface area contributed by atoms with Crippen LogP contribution in [-0.2, 0) is 9.59 Å². The molecular weight excluding hydrogens is 382 g/mol. The summed E-state index contributed by atoms with van der Waals surface area (Å²) in [6.07, 6.45) is 1.68. The number of carbonyl (C=O) groups is 2. The molecule has 1 atom stereocenters. The molecule has 1 heterocycles. The summed E-state index contributed by atoms with van der Waals surface area (Å²) in [5.74, 6) is -1.29. The van der Waals surface area contributed by atoms with Gasteiger partial charge >= 0.3 is 5.97 Å². The van der Waals surface area contributed by atoms with Crippen LogP contribution in [0.1, 0.15) is 12.8 Å². The van der Waals surface area contributed by atoms with Crippen LogP contribution in [0.2, 0.25) is 0 Å². The van der Waals surface area contributed by atoms with E-state index in [9.17, 15) is 24.6 Å². The Morgan fingerprint density at radius 3 is 2.59 bits per heavy atom. The van der Waals surface area contributed by atoms with Crippen molar-refractivity contribution in [1.82, 2.24) is 5.48 Å². The third kappa shape index (κ3) is 4.53. The van der Waals surface area contributed by atoms with Crippen LogP contribution in [0, 0.1) is 0 Å². The maximum atomic E-state index is 12.7. The van der Waals surface area contributed by atoms with Crippen molar-refractivity contribution < 1.29 is 34.2 Å². The molecule has 0 aliphatic heterocycles. The SMILES string of the molecule is O=C[C@H](CCC(=O)O)NOc1ccc(-c2coc3cc(O)cc(O)c3c2=O)cc1. The average Bonchev–Trinajstić information content (AvgIpc) is 2.68. The first kappa shape index (κ1) is 19.9. The monoisotopic (exact) mass is 399 g/mol. The predicted molar refractivity (Wildman–Crippen MR) is 102 cm³/mol. The van der Waals surface area contributed by atoms with Crippen molar-refractivity contribution in [2.24, 2.45) is 0 Å². The number of hydroxylamine groups is 1. The van der Waals surface area contributed by atoms with Crippen LogP contribution in [0.3, 0.4) is 0 Å². The molecular formula is C20H17NO8. The molecule has 0 saturated carbocycles. The van der Waals surface area contributed by atoms with E-state index >= 15 is 0 Å². The summed E-state index contributed by atoms with van der Waals surface area (Å²) in [5.41, 5.74) is 2.77. The molecule has 0 fully saturated rings. The molecule has 0 radical (unpaired) electrons. The highest BCUT2D eigenvalue weighted by atomic mass is 16.6. The van der Waals surface area contributed by atoms with Crippen molar-refractivity contribution >= 4 is 23.2 Å². The van der Waals surface area contributed by atoms with Gasteiger partial charge in [0, 0.05) is 18.6 Å². The van der Waals surface area contributed by atoms with Crippen LogP contribution in [0.15, 0.2) is 51.9 Å². The van der Waals surface area contributed by atoms with Crippen LogP contribution < -0.4 is 15.7 Å². The van der Waals surface area contributed by atoms with Crippen LogP contribution in [0.4, 0.5) is 0 Å². The molecule has 3 aromatic rings. The predicted octanol–water partition coefficient (Wildman–Crippen LogP) is 2.19. The van der Waals surface area contributed by atoms with Crippen LogP contribution in [-0.4, -0.2) is 33.6 Å². The van der Waals surface area contributed by atoms with Gasteiger partial charge in [-0.1, -0.05) is 12.1 Å². The van der Waals surface area contributed by atoms with E-state index in [0.717, 1.165) is 6.07 Å². The summed E-state index contributed by atoms with van der Waals surface area (Å²) >= 11 is 0. The Kier molecular flexibility index (Phi) is 5.79. The lowest BCUT2D eigenvalue weighted by atomic mass is 10.0. The fourth-order valence-electron chi connectivity index (χ4n) is 2.70. The minimum absolute atomic E-state index is 0.0467. The summed E-state index contributed by atoms with van der Waals surface area (Å²) in [6, 6.07) is 7.76. The normalized spacial score (nSPS) is 11.9. The standard InChI is InChI=1S/C20H17NO8/c22-9-12(3-6-18(25)26)21-29-14-4-1-11(2-5-14)15-10-28-17-8-13(23)7-16(24)19(17)20(15)27/h1-2,4-5,7-10,12,21,23-24H,3,6H2,(H,25,26)/t12-/m0/s1. The van der Waals surface area contributed by atoms with E-state index in [4.69, 9.17) is 14.4 Å². The van der Waals surface area contributed by atoms with Gasteiger partial charge in [0.25, 0.3) is 0 Å². The Labute approximate surface area is 163 Å². The molecule has 0 spiro atoms. The second kappa shape index (κ2) is 8.44. The van der Waals surface area contributed by atoms with Gasteiger partial charge in [-0.05, 0) is 24.1 Å². The van der Waals surface area contributed by atoms with E-state index in [0.29, 0.717) is 17.6 Å². The van der Waals surface area contributed by atoms with Crippen molar-refractivity contribution in [2.45, 2.75) is 18.9 Å². The maximum Gasteiger partial charge on any atom is 0.303 e. The Bertz CT molecular complexity index is 1100. The first-order chi connectivity index (χ1) is 13.9. The summed E-state index contributed by atoms with van der Waals surface area (Å²) in [4.78, 5) is 39.5. The number of nitrogens with one attached hydrogen (secondary N) is 1. The van der Waals surface area contributed by atoms with Gasteiger partial charge in [-0.3, -0.25) is 9.59 Å². The lowest BCUT2D eigenvalue weighted by molar-refractivity contribution is -0.137. The summed E-state index contributed by atoms with van der Waals surface area (Å²) in [5, 5.41) is 28.1. The molecule has 4 N–H and O–H groups in total. The molecule has 0 saturated heterocycles. The van der Waals surface area contributed by atoms with E-state index in [-0.39, 0.29) is 40.9 Å². The van der Waals surface area contributed by atoms with E-state index in [1.54, 1.807) is 24.3 Å². The van der Waals surface area contributed by atoms with Crippen molar-refractivity contribution in [3.63, 3.8) is 0 Å². The first-order valence-corrected chi connectivity index (χ1v) is 8.56. The Hall–Kier alpha value is -3.85. The summed E-state index contributed by atoms with van der Waals surface area (Å²) in [6.45, 7) is 0. The maximum absolute atomic E-state index is 12.7. The van der Waals surface area contributed by atoms with Gasteiger partial charge in [-0.2, -0.15) is 0 Å². The number of fused-ring (bicyclic) bond motifs is 1. The van der Waals surface area contributed by atoms with Gasteiger partial charge < -0.3 is 29.4 Å². The van der Waals surface area contributed by atoms with Crippen molar-refractivity contribution in [1.29, 1.82) is 0 Å². The molecule has 1 aromatic heterocycles. The second-order valence-corrected chi connectivity index (χ2v) is 6.24. The third-order valence-corrected chi connectivity index (χ3v) is 4.17. The van der Waals surface area contributed by atoms with E-state index in [2.05, 4.69) is 5.48 Å². The number of rotatable bonds is 8. The number of aldehydes is 1. The zero-order valence-corrected chi connectivity index (χ0v) is 15.0. The third-order valence-electron chi connectivity index (χ3n) is 4.17. The number of carbonyl (C=O) groups excluding carboxylic acids is 1. The molecule has 0 aliphatic carbocycles. The molecule has 0 amide bonds. The number of aliphatic carboxylic acids is 1. The van der Waals surface area contributed by atoms with Crippen molar-refractivity contribution in [3.8, 4) is 28.4 Å². The molecule has 9 nitrogen and oxygen atoms in total. The number of aromatic hydroxyl groups is 2. The molecule has 29 heavy (non-hydrogen) atoms. The molecule has 9 heteroatoms. The Balaban J connectivity index is 1.78. The fraction of sp³-hybridized carbons (Fsp3) is 0.150. The Morgan fingerprint density at radius 1 is 1.21 bits per heavy atom. The molecule has 0 bridgehead atoms. The number of phenols is 2. The largest absolute Gasteiger partial charge is 0.508 e. The number of hydrogen-bond donors (Lipinski definition) is 4. The Morgan fingerprint density at radius 2 is 1.93 bits per heavy atom. The minimum Gasteiger partial charge on any atom is -0.508 e. The van der Waals surface area contributed by atoms with Crippen molar-refractivity contribution in [3.05, 3.63) is 52.9 Å². The van der Waals surface area contributed by atoms with E-state index in [1.807, 2.05) is 0 Å². The van der Waals surface area contributed by atoms with E-state index < -0.39 is 17.4 Å². The number of carboxylic acid groups (broad SMARTS) is 1.